The lowest BCUT2D eigenvalue weighted by Crippen LogP contribution is -2.56. The molecule has 2 aromatic rings. The predicted octanol–water partition coefficient (Wildman–Crippen LogP) is 0.346. The molecule has 0 fully saturated rings. The number of aryl methyl sites for hydroxylation is 1. The van der Waals surface area contributed by atoms with Crippen LogP contribution in [0.2, 0.25) is 0 Å². The van der Waals surface area contributed by atoms with E-state index in [4.69, 9.17) is 4.74 Å². The van der Waals surface area contributed by atoms with Crippen molar-refractivity contribution in [1.29, 1.82) is 0 Å². The van der Waals surface area contributed by atoms with Crippen LogP contribution in [0.25, 0.3) is 0 Å². The van der Waals surface area contributed by atoms with Crippen molar-refractivity contribution in [2.75, 3.05) is 0 Å². The Labute approximate surface area is 200 Å². The van der Waals surface area contributed by atoms with Crippen LogP contribution in [-0.4, -0.2) is 65.9 Å². The van der Waals surface area contributed by atoms with Gasteiger partial charge in [0.2, 0.25) is 5.91 Å². The fraction of sp³-hybridized carbons (Fsp3) is 0.600. The number of halogens is 3. The molecule has 0 bridgehead atoms. The monoisotopic (exact) mass is 502 g/mol. The molecule has 0 aliphatic carbocycles. The van der Waals surface area contributed by atoms with E-state index in [-0.39, 0.29) is 13.0 Å². The molecule has 0 saturated heterocycles. The highest BCUT2D eigenvalue weighted by molar-refractivity contribution is 6.57. The first-order chi connectivity index (χ1) is 15.9. The van der Waals surface area contributed by atoms with E-state index in [1.807, 2.05) is 0 Å². The third-order valence-electron chi connectivity index (χ3n) is 4.58. The van der Waals surface area contributed by atoms with E-state index >= 15 is 0 Å². The average molecular weight is 502 g/mol. The fourth-order valence-electron chi connectivity index (χ4n) is 3.21. The molecule has 2 amide bonds. The molecule has 0 aliphatic heterocycles. The van der Waals surface area contributed by atoms with Gasteiger partial charge in [0.1, 0.15) is 11.6 Å². The van der Waals surface area contributed by atoms with Crippen molar-refractivity contribution in [1.82, 2.24) is 30.2 Å². The smallest absolute Gasteiger partial charge is 0.444 e. The molecule has 194 valence electrons. The minimum Gasteiger partial charge on any atom is -0.444 e. The number of hydrogen-bond donors (Lipinski definition) is 4. The Balaban J connectivity index is 2.23. The lowest BCUT2D eigenvalue weighted by atomic mass is 9.85. The third-order valence-corrected chi connectivity index (χ3v) is 4.58. The quantitative estimate of drug-likeness (QED) is 0.382. The summed E-state index contributed by atoms with van der Waals surface area (Å²) in [6, 6.07) is -0.572. The van der Waals surface area contributed by atoms with Crippen LogP contribution < -0.4 is 16.2 Å². The Bertz CT molecular complexity index is 1040. The summed E-state index contributed by atoms with van der Waals surface area (Å²) in [7, 11) is -0.521. The molecule has 0 unspecified atom stereocenters. The zero-order chi connectivity index (χ0) is 26.8. The van der Waals surface area contributed by atoms with Crippen LogP contribution in [-0.2, 0) is 35.7 Å². The number of alkyl halides is 3. The molecule has 0 aromatic carbocycles. The van der Waals surface area contributed by atoms with Gasteiger partial charge in [0.05, 0.1) is 23.9 Å². The van der Waals surface area contributed by atoms with E-state index in [0.29, 0.717) is 11.6 Å². The lowest BCUT2D eigenvalue weighted by Gasteiger charge is -2.30. The SMILES string of the molecule is Cn1cc(C[C@@H](NC(=O)OC(C)(C)C)C(=O)NC(C)(C)Cn2nc(C(F)(F)F)cc2B(O)O)cn1. The first-order valence-corrected chi connectivity index (χ1v) is 10.7. The maximum absolute atomic E-state index is 13.1. The summed E-state index contributed by atoms with van der Waals surface area (Å²) in [6.07, 6.45) is -2.37. The minimum atomic E-state index is -4.80. The highest BCUT2D eigenvalue weighted by Crippen LogP contribution is 2.27. The Kier molecular flexibility index (Phi) is 8.27. The van der Waals surface area contributed by atoms with Crippen LogP contribution in [0.3, 0.4) is 0 Å². The van der Waals surface area contributed by atoms with E-state index in [0.717, 1.165) is 4.68 Å². The Morgan fingerprint density at radius 2 is 1.83 bits per heavy atom. The van der Waals surface area contributed by atoms with E-state index in [2.05, 4.69) is 20.8 Å². The highest BCUT2D eigenvalue weighted by atomic mass is 19.4. The van der Waals surface area contributed by atoms with Gasteiger partial charge in [-0.2, -0.15) is 23.4 Å². The second-order valence-electron chi connectivity index (χ2n) is 9.78. The number of nitrogens with zero attached hydrogens (tertiary/aromatic N) is 4. The molecule has 1 atom stereocenters. The minimum absolute atomic E-state index is 0.0651. The second kappa shape index (κ2) is 10.3. The maximum atomic E-state index is 13.1. The summed E-state index contributed by atoms with van der Waals surface area (Å²) in [6.45, 7) is 7.70. The highest BCUT2D eigenvalue weighted by Gasteiger charge is 2.38. The molecule has 2 heterocycles. The van der Waals surface area contributed by atoms with Crippen molar-refractivity contribution >= 4 is 24.7 Å². The first-order valence-electron chi connectivity index (χ1n) is 10.7. The van der Waals surface area contributed by atoms with Gasteiger partial charge in [-0.25, -0.2) is 4.79 Å². The number of alkyl carbamates (subject to hydrolysis) is 1. The van der Waals surface area contributed by atoms with Gasteiger partial charge < -0.3 is 25.4 Å². The summed E-state index contributed by atoms with van der Waals surface area (Å²) in [4.78, 5) is 25.5. The molecule has 2 aromatic heterocycles. The van der Waals surface area contributed by atoms with Gasteiger partial charge in [-0.15, -0.1) is 0 Å². The van der Waals surface area contributed by atoms with Crippen molar-refractivity contribution < 1.29 is 37.5 Å². The van der Waals surface area contributed by atoms with Crippen molar-refractivity contribution in [2.45, 2.75) is 70.9 Å². The van der Waals surface area contributed by atoms with Gasteiger partial charge in [0.25, 0.3) is 0 Å². The van der Waals surface area contributed by atoms with E-state index < -0.39 is 53.8 Å². The van der Waals surface area contributed by atoms with Gasteiger partial charge in [0, 0.05) is 19.7 Å². The number of hydrogen-bond acceptors (Lipinski definition) is 7. The van der Waals surface area contributed by atoms with E-state index in [9.17, 15) is 32.8 Å². The third kappa shape index (κ3) is 8.58. The summed E-state index contributed by atoms with van der Waals surface area (Å²) in [5, 5.41) is 31.6. The van der Waals surface area contributed by atoms with Gasteiger partial charge in [0.15, 0.2) is 5.69 Å². The van der Waals surface area contributed by atoms with Gasteiger partial charge in [-0.3, -0.25) is 14.2 Å². The summed E-state index contributed by atoms with van der Waals surface area (Å²) < 4.78 is 46.8. The molecule has 4 N–H and O–H groups in total. The average Bonchev–Trinajstić information content (AvgIpc) is 3.24. The van der Waals surface area contributed by atoms with Gasteiger partial charge in [-0.05, 0) is 46.2 Å². The molecule has 0 radical (unpaired) electrons. The van der Waals surface area contributed by atoms with Crippen molar-refractivity contribution in [2.24, 2.45) is 7.05 Å². The van der Waals surface area contributed by atoms with Gasteiger partial charge >= 0.3 is 19.4 Å². The molecule has 0 spiro atoms. The van der Waals surface area contributed by atoms with Crippen LogP contribution in [0.4, 0.5) is 18.0 Å². The molecule has 2 rings (SSSR count). The number of carbonyl (C=O) groups excluding carboxylic acids is 2. The van der Waals surface area contributed by atoms with Crippen molar-refractivity contribution in [3.63, 3.8) is 0 Å². The molecule has 0 aliphatic rings. The molecule has 0 saturated carbocycles. The topological polar surface area (TPSA) is 144 Å². The van der Waals surface area contributed by atoms with Gasteiger partial charge in [-0.1, -0.05) is 0 Å². The molecule has 11 nitrogen and oxygen atoms in total. The molecular formula is C20H30BF3N6O5. The zero-order valence-electron chi connectivity index (χ0n) is 20.3. The Morgan fingerprint density at radius 3 is 2.31 bits per heavy atom. The predicted molar refractivity (Wildman–Crippen MR) is 119 cm³/mol. The number of aromatic nitrogens is 4. The van der Waals surface area contributed by atoms with Crippen LogP contribution in [0, 0.1) is 0 Å². The summed E-state index contributed by atoms with van der Waals surface area (Å²) in [5.41, 5.74) is -3.16. The molecule has 35 heavy (non-hydrogen) atoms. The van der Waals surface area contributed by atoms with Crippen LogP contribution in [0.15, 0.2) is 18.5 Å². The molecular weight excluding hydrogens is 472 g/mol. The zero-order valence-corrected chi connectivity index (χ0v) is 20.3. The van der Waals surface area contributed by atoms with Crippen LogP contribution in [0.1, 0.15) is 45.9 Å². The number of rotatable bonds is 8. The molecule has 15 heteroatoms. The number of ether oxygens (including phenoxy) is 1. The lowest BCUT2D eigenvalue weighted by molar-refractivity contribution is -0.141. The largest absolute Gasteiger partial charge is 0.507 e. The fourth-order valence-corrected chi connectivity index (χ4v) is 3.21. The summed E-state index contributed by atoms with van der Waals surface area (Å²) in [5.74, 6) is -0.640. The summed E-state index contributed by atoms with van der Waals surface area (Å²) >= 11 is 0. The Hall–Kier alpha value is -3.07. The van der Waals surface area contributed by atoms with E-state index in [1.54, 1.807) is 34.0 Å². The second-order valence-corrected chi connectivity index (χ2v) is 9.78. The maximum Gasteiger partial charge on any atom is 0.507 e. The van der Waals surface area contributed by atoms with Crippen molar-refractivity contribution in [3.8, 4) is 0 Å². The van der Waals surface area contributed by atoms with Crippen LogP contribution >= 0.6 is 0 Å². The standard InChI is InChI=1S/C20H30BF3N6O5/c1-18(2,3)35-17(32)26-13(7-12-9-25-29(6)10-12)16(31)27-19(4,5)11-30-15(21(33)34)8-14(28-30)20(22,23)24/h8-10,13,33-34H,7,11H2,1-6H3,(H,26,32)(H,27,31)/t13-/m1/s1. The first kappa shape index (κ1) is 28.2. The number of amides is 2. The normalized spacial score (nSPS) is 13.3. The van der Waals surface area contributed by atoms with Crippen LogP contribution in [0.5, 0.6) is 0 Å². The van der Waals surface area contributed by atoms with E-state index in [1.165, 1.54) is 24.7 Å². The number of carbonyl (C=O) groups is 2. The van der Waals surface area contributed by atoms with Crippen molar-refractivity contribution in [3.05, 3.63) is 29.7 Å². The number of nitrogens with one attached hydrogen (secondary N) is 2. The Morgan fingerprint density at radius 1 is 1.20 bits per heavy atom.